The molecule has 2 aromatic rings. The van der Waals surface area contributed by atoms with Gasteiger partial charge in [-0.15, -0.1) is 0 Å². The number of ether oxygens (including phenoxy) is 1. The largest absolute Gasteiger partial charge is 0.508 e. The van der Waals surface area contributed by atoms with Gasteiger partial charge < -0.3 is 9.84 Å². The molecule has 3 rings (SSSR count). The topological polar surface area (TPSA) is 29.5 Å². The molecule has 0 bridgehead atoms. The second-order valence-corrected chi connectivity index (χ2v) is 4.88. The van der Waals surface area contributed by atoms with E-state index in [-0.39, 0.29) is 5.75 Å². The van der Waals surface area contributed by atoms with Gasteiger partial charge in [0.25, 0.3) is 0 Å². The van der Waals surface area contributed by atoms with Crippen LogP contribution < -0.4 is 4.74 Å². The van der Waals surface area contributed by atoms with Crippen molar-refractivity contribution in [2.75, 3.05) is 6.61 Å². The first-order chi connectivity index (χ1) is 8.66. The molecule has 0 aliphatic carbocycles. The summed E-state index contributed by atoms with van der Waals surface area (Å²) in [5.74, 6) is 1.16. The summed E-state index contributed by atoms with van der Waals surface area (Å²) in [4.78, 5) is 0. The molecule has 0 saturated carbocycles. The first kappa shape index (κ1) is 11.4. The Morgan fingerprint density at radius 1 is 1.17 bits per heavy atom. The summed E-state index contributed by atoms with van der Waals surface area (Å²) in [6.07, 6.45) is 0.949. The molecular formula is C15H13ClO2. The van der Waals surface area contributed by atoms with Crippen LogP contribution in [-0.2, 0) is 6.42 Å². The Morgan fingerprint density at radius 2 is 1.94 bits per heavy atom. The zero-order chi connectivity index (χ0) is 12.7. The van der Waals surface area contributed by atoms with E-state index in [1.54, 1.807) is 12.1 Å². The lowest BCUT2D eigenvalue weighted by Crippen LogP contribution is -1.90. The van der Waals surface area contributed by atoms with Gasteiger partial charge >= 0.3 is 0 Å². The van der Waals surface area contributed by atoms with Crippen molar-refractivity contribution in [1.82, 2.24) is 0 Å². The van der Waals surface area contributed by atoms with Gasteiger partial charge in [-0.3, -0.25) is 0 Å². The van der Waals surface area contributed by atoms with Crippen LogP contribution in [0.5, 0.6) is 11.5 Å². The molecule has 1 N–H and O–H groups in total. The van der Waals surface area contributed by atoms with Crippen LogP contribution in [0.4, 0.5) is 0 Å². The standard InChI is InChI=1S/C15H13ClO2/c1-9-11(4-5-15-12(9)6-7-18-15)13-3-2-10(17)8-14(13)16/h2-5,8,17H,6-7H2,1H3. The molecule has 3 heteroatoms. The molecule has 0 unspecified atom stereocenters. The average molecular weight is 261 g/mol. The van der Waals surface area contributed by atoms with E-state index in [2.05, 4.69) is 6.92 Å². The van der Waals surface area contributed by atoms with Crippen LogP contribution in [0.3, 0.4) is 0 Å². The molecular weight excluding hydrogens is 248 g/mol. The Kier molecular flexibility index (Phi) is 2.67. The van der Waals surface area contributed by atoms with Crippen LogP contribution in [-0.4, -0.2) is 11.7 Å². The normalized spacial score (nSPS) is 13.2. The predicted octanol–water partition coefficient (Wildman–Crippen LogP) is 3.96. The highest BCUT2D eigenvalue weighted by atomic mass is 35.5. The third-order valence-corrected chi connectivity index (χ3v) is 3.72. The molecule has 1 aliphatic heterocycles. The number of rotatable bonds is 1. The van der Waals surface area contributed by atoms with E-state index in [0.29, 0.717) is 5.02 Å². The molecule has 18 heavy (non-hydrogen) atoms. The lowest BCUT2D eigenvalue weighted by Gasteiger charge is -2.11. The zero-order valence-electron chi connectivity index (χ0n) is 10.0. The van der Waals surface area contributed by atoms with Crippen LogP contribution in [0.15, 0.2) is 30.3 Å². The van der Waals surface area contributed by atoms with Crippen molar-refractivity contribution in [3.63, 3.8) is 0 Å². The van der Waals surface area contributed by atoms with E-state index < -0.39 is 0 Å². The second-order valence-electron chi connectivity index (χ2n) is 4.48. The molecule has 1 aliphatic rings. The monoisotopic (exact) mass is 260 g/mol. The molecule has 2 nitrogen and oxygen atoms in total. The minimum atomic E-state index is 0.186. The van der Waals surface area contributed by atoms with Gasteiger partial charge in [0.2, 0.25) is 0 Å². The molecule has 0 fully saturated rings. The first-order valence-electron chi connectivity index (χ1n) is 5.91. The third kappa shape index (κ3) is 1.73. The highest BCUT2D eigenvalue weighted by Crippen LogP contribution is 2.38. The molecule has 0 amide bonds. The van der Waals surface area contributed by atoms with E-state index in [1.165, 1.54) is 11.1 Å². The van der Waals surface area contributed by atoms with Crippen LogP contribution in [0, 0.1) is 6.92 Å². The van der Waals surface area contributed by atoms with Gasteiger partial charge in [-0.25, -0.2) is 0 Å². The average Bonchev–Trinajstić information content (AvgIpc) is 2.80. The van der Waals surface area contributed by atoms with Gasteiger partial charge in [0, 0.05) is 17.5 Å². The number of fused-ring (bicyclic) bond motifs is 1. The third-order valence-electron chi connectivity index (χ3n) is 3.41. The predicted molar refractivity (Wildman–Crippen MR) is 72.5 cm³/mol. The summed E-state index contributed by atoms with van der Waals surface area (Å²) in [7, 11) is 0. The van der Waals surface area contributed by atoms with E-state index in [1.807, 2.05) is 18.2 Å². The zero-order valence-corrected chi connectivity index (χ0v) is 10.8. The number of phenolic OH excluding ortho intramolecular Hbond substituents is 1. The second kappa shape index (κ2) is 4.21. The maximum atomic E-state index is 9.40. The first-order valence-corrected chi connectivity index (χ1v) is 6.29. The highest BCUT2D eigenvalue weighted by Gasteiger charge is 2.18. The maximum absolute atomic E-state index is 9.40. The van der Waals surface area contributed by atoms with Crippen molar-refractivity contribution in [3.8, 4) is 22.6 Å². The van der Waals surface area contributed by atoms with Gasteiger partial charge in [-0.05, 0) is 42.3 Å². The van der Waals surface area contributed by atoms with E-state index in [9.17, 15) is 5.11 Å². The molecule has 0 aromatic heterocycles. The summed E-state index contributed by atoms with van der Waals surface area (Å²) < 4.78 is 5.55. The summed E-state index contributed by atoms with van der Waals surface area (Å²) in [6, 6.07) is 9.10. The number of hydrogen-bond acceptors (Lipinski definition) is 2. The van der Waals surface area contributed by atoms with Crippen LogP contribution in [0.2, 0.25) is 5.02 Å². The van der Waals surface area contributed by atoms with Gasteiger partial charge in [0.1, 0.15) is 11.5 Å². The fraction of sp³-hybridized carbons (Fsp3) is 0.200. The fourth-order valence-electron chi connectivity index (χ4n) is 2.46. The van der Waals surface area contributed by atoms with Crippen molar-refractivity contribution in [1.29, 1.82) is 0 Å². The number of aromatic hydroxyl groups is 1. The Hall–Kier alpha value is -1.67. The molecule has 2 aromatic carbocycles. The van der Waals surface area contributed by atoms with Crippen molar-refractivity contribution >= 4 is 11.6 Å². The quantitative estimate of drug-likeness (QED) is 0.841. The van der Waals surface area contributed by atoms with Crippen molar-refractivity contribution < 1.29 is 9.84 Å². The van der Waals surface area contributed by atoms with Crippen molar-refractivity contribution in [2.45, 2.75) is 13.3 Å². The summed E-state index contributed by atoms with van der Waals surface area (Å²) in [6.45, 7) is 2.84. The number of phenols is 1. The number of benzene rings is 2. The Balaban J connectivity index is 2.18. The fourth-order valence-corrected chi connectivity index (χ4v) is 2.73. The molecule has 0 saturated heterocycles. The highest BCUT2D eigenvalue weighted by molar-refractivity contribution is 6.33. The Labute approximate surface area is 111 Å². The van der Waals surface area contributed by atoms with Crippen molar-refractivity contribution in [3.05, 3.63) is 46.5 Å². The van der Waals surface area contributed by atoms with Crippen LogP contribution >= 0.6 is 11.6 Å². The van der Waals surface area contributed by atoms with E-state index >= 15 is 0 Å². The van der Waals surface area contributed by atoms with Gasteiger partial charge in [-0.2, -0.15) is 0 Å². The van der Waals surface area contributed by atoms with E-state index in [4.69, 9.17) is 16.3 Å². The molecule has 1 heterocycles. The van der Waals surface area contributed by atoms with Gasteiger partial charge in [0.15, 0.2) is 0 Å². The lowest BCUT2D eigenvalue weighted by atomic mass is 9.95. The minimum Gasteiger partial charge on any atom is -0.508 e. The molecule has 0 atom stereocenters. The van der Waals surface area contributed by atoms with Gasteiger partial charge in [-0.1, -0.05) is 17.7 Å². The summed E-state index contributed by atoms with van der Waals surface area (Å²) in [5, 5.41) is 9.97. The Morgan fingerprint density at radius 3 is 2.72 bits per heavy atom. The lowest BCUT2D eigenvalue weighted by molar-refractivity contribution is 0.357. The van der Waals surface area contributed by atoms with Crippen molar-refractivity contribution in [2.24, 2.45) is 0 Å². The van der Waals surface area contributed by atoms with E-state index in [0.717, 1.165) is 29.9 Å². The SMILES string of the molecule is Cc1c(-c2ccc(O)cc2Cl)ccc2c1CCO2. The number of hydrogen-bond donors (Lipinski definition) is 1. The smallest absolute Gasteiger partial charge is 0.122 e. The molecule has 0 spiro atoms. The summed E-state index contributed by atoms with van der Waals surface area (Å²) in [5.41, 5.74) is 4.51. The van der Waals surface area contributed by atoms with Gasteiger partial charge in [0.05, 0.1) is 11.6 Å². The molecule has 92 valence electrons. The van der Waals surface area contributed by atoms with Crippen LogP contribution in [0.25, 0.3) is 11.1 Å². The Bertz CT molecular complexity index is 620. The maximum Gasteiger partial charge on any atom is 0.122 e. The summed E-state index contributed by atoms with van der Waals surface area (Å²) >= 11 is 6.20. The minimum absolute atomic E-state index is 0.186. The number of halogens is 1. The van der Waals surface area contributed by atoms with Crippen LogP contribution in [0.1, 0.15) is 11.1 Å². The molecule has 0 radical (unpaired) electrons.